The number of halogens is 3. The molecule has 0 fully saturated rings. The maximum atomic E-state index is 14.3. The summed E-state index contributed by atoms with van der Waals surface area (Å²) >= 11 is 0. The van der Waals surface area contributed by atoms with Crippen LogP contribution in [0.3, 0.4) is 0 Å². The van der Waals surface area contributed by atoms with Gasteiger partial charge in [0.1, 0.15) is 12.2 Å². The first-order valence-electron chi connectivity index (χ1n) is 11.6. The Morgan fingerprint density at radius 2 is 1.95 bits per heavy atom. The van der Waals surface area contributed by atoms with Gasteiger partial charge < -0.3 is 25.2 Å². The Bertz CT molecular complexity index is 1630. The van der Waals surface area contributed by atoms with Crippen molar-refractivity contribution in [3.63, 3.8) is 0 Å². The van der Waals surface area contributed by atoms with Crippen molar-refractivity contribution >= 4 is 22.8 Å². The van der Waals surface area contributed by atoms with Crippen molar-refractivity contribution < 1.29 is 32.5 Å². The number of carbonyl (C=O) groups is 1. The molecule has 4 aromatic rings. The van der Waals surface area contributed by atoms with Crippen LogP contribution < -0.4 is 20.1 Å². The second-order valence-corrected chi connectivity index (χ2v) is 9.31. The molecule has 0 saturated carbocycles. The Balaban J connectivity index is 1.51. The second-order valence-electron chi connectivity index (χ2n) is 9.31. The Kier molecular flexibility index (Phi) is 6.27. The van der Waals surface area contributed by atoms with Crippen LogP contribution >= 0.6 is 0 Å². The fraction of sp³-hybridized carbons (Fsp3) is 0.231. The van der Waals surface area contributed by atoms with Crippen molar-refractivity contribution in [2.75, 3.05) is 11.9 Å². The first kappa shape index (κ1) is 25.8. The number of aliphatic hydroxyl groups is 1. The summed E-state index contributed by atoms with van der Waals surface area (Å²) in [4.78, 5) is 17.4. The van der Waals surface area contributed by atoms with Crippen LogP contribution in [0.25, 0.3) is 16.9 Å². The van der Waals surface area contributed by atoms with E-state index in [4.69, 9.17) is 5.26 Å². The topological polar surface area (TPSA) is 134 Å². The second kappa shape index (κ2) is 9.48. The molecule has 4 heterocycles. The number of carbonyl (C=O) groups excluding carboxylic acids is 1. The standard InChI is InChI=1S/C26H21F3N6O4/c1-25(2,37)23(27)13-32-24(36)17-12-31-19(20-5-4-16-7-14(10-30)11-33-35(16)20)9-18(17)34-15-3-6-21-22(8-15)39-26(28,29)38-21/h3-9,11-12,23,37H,13H2,1-2H3,(H,31,34)(H,32,36)/t23-/m1/s1. The number of ether oxygens (including phenoxy) is 2. The summed E-state index contributed by atoms with van der Waals surface area (Å²) in [6.45, 7) is 2.11. The highest BCUT2D eigenvalue weighted by Gasteiger charge is 2.43. The molecule has 0 aliphatic carbocycles. The fourth-order valence-electron chi connectivity index (χ4n) is 3.84. The average Bonchev–Trinajstić information content (AvgIpc) is 3.44. The minimum absolute atomic E-state index is 0.0188. The lowest BCUT2D eigenvalue weighted by molar-refractivity contribution is -0.286. The number of benzene rings is 1. The van der Waals surface area contributed by atoms with Crippen LogP contribution in [0, 0.1) is 11.3 Å². The van der Waals surface area contributed by atoms with E-state index in [1.165, 1.54) is 44.4 Å². The van der Waals surface area contributed by atoms with Crippen LogP contribution in [0.15, 0.2) is 54.9 Å². The highest BCUT2D eigenvalue weighted by Crippen LogP contribution is 2.43. The maximum Gasteiger partial charge on any atom is 0.586 e. The Morgan fingerprint density at radius 3 is 2.69 bits per heavy atom. The molecule has 3 N–H and O–H groups in total. The van der Waals surface area contributed by atoms with Crippen LogP contribution in [-0.2, 0) is 0 Å². The largest absolute Gasteiger partial charge is 0.586 e. The molecular weight excluding hydrogens is 517 g/mol. The Morgan fingerprint density at radius 1 is 1.18 bits per heavy atom. The number of alkyl halides is 3. The molecule has 13 heteroatoms. The highest BCUT2D eigenvalue weighted by atomic mass is 19.3. The van der Waals surface area contributed by atoms with E-state index in [-0.39, 0.29) is 28.4 Å². The van der Waals surface area contributed by atoms with E-state index < -0.39 is 30.5 Å². The molecule has 1 atom stereocenters. The lowest BCUT2D eigenvalue weighted by Gasteiger charge is -2.22. The number of pyridine rings is 1. The lowest BCUT2D eigenvalue weighted by Crippen LogP contribution is -2.42. The summed E-state index contributed by atoms with van der Waals surface area (Å²) < 4.78 is 51.7. The molecule has 10 nitrogen and oxygen atoms in total. The predicted octanol–water partition coefficient (Wildman–Crippen LogP) is 4.17. The zero-order valence-electron chi connectivity index (χ0n) is 20.6. The van der Waals surface area contributed by atoms with Crippen molar-refractivity contribution in [2.24, 2.45) is 0 Å². The van der Waals surface area contributed by atoms with Gasteiger partial charge in [-0.1, -0.05) is 0 Å². The molecule has 0 saturated heterocycles. The van der Waals surface area contributed by atoms with Gasteiger partial charge in [0.15, 0.2) is 11.5 Å². The summed E-state index contributed by atoms with van der Waals surface area (Å²) in [7, 11) is 0. The summed E-state index contributed by atoms with van der Waals surface area (Å²) in [6, 6.07) is 12.7. The number of aromatic nitrogens is 3. The van der Waals surface area contributed by atoms with Crippen LogP contribution in [0.4, 0.5) is 24.5 Å². The number of hydrogen-bond donors (Lipinski definition) is 3. The Hall–Kier alpha value is -4.83. The summed E-state index contributed by atoms with van der Waals surface area (Å²) in [5, 5.41) is 28.7. The van der Waals surface area contributed by atoms with E-state index in [0.29, 0.717) is 22.5 Å². The van der Waals surface area contributed by atoms with Gasteiger partial charge in [0.05, 0.1) is 52.1 Å². The first-order valence-corrected chi connectivity index (χ1v) is 11.6. The molecule has 39 heavy (non-hydrogen) atoms. The third-order valence-corrected chi connectivity index (χ3v) is 5.93. The number of anilines is 2. The molecule has 1 aromatic carbocycles. The van der Waals surface area contributed by atoms with Crippen molar-refractivity contribution in [1.82, 2.24) is 19.9 Å². The lowest BCUT2D eigenvalue weighted by atomic mass is 10.0. The summed E-state index contributed by atoms with van der Waals surface area (Å²) in [5.74, 6) is -1.04. The number of nitrogens with zero attached hydrogens (tertiary/aromatic N) is 4. The normalized spacial score (nSPS) is 14.6. The van der Waals surface area contributed by atoms with Gasteiger partial charge in [-0.25, -0.2) is 8.91 Å². The molecule has 0 unspecified atom stereocenters. The van der Waals surface area contributed by atoms with Gasteiger partial charge in [-0.05, 0) is 50.2 Å². The average molecular weight is 538 g/mol. The quantitative estimate of drug-likeness (QED) is 0.319. The molecule has 200 valence electrons. The van der Waals surface area contributed by atoms with Crippen LogP contribution in [0.2, 0.25) is 0 Å². The predicted molar refractivity (Wildman–Crippen MR) is 133 cm³/mol. The molecule has 3 aromatic heterocycles. The van der Waals surface area contributed by atoms with Gasteiger partial charge in [0, 0.05) is 18.0 Å². The first-order chi connectivity index (χ1) is 18.4. The number of nitriles is 1. The highest BCUT2D eigenvalue weighted by molar-refractivity contribution is 6.00. The molecule has 0 spiro atoms. The van der Waals surface area contributed by atoms with Crippen molar-refractivity contribution in [3.05, 3.63) is 66.0 Å². The zero-order valence-corrected chi connectivity index (χ0v) is 20.6. The van der Waals surface area contributed by atoms with E-state index in [2.05, 4.69) is 30.2 Å². The van der Waals surface area contributed by atoms with Gasteiger partial charge in [0.2, 0.25) is 0 Å². The molecule has 5 rings (SSSR count). The number of amides is 1. The zero-order chi connectivity index (χ0) is 27.9. The van der Waals surface area contributed by atoms with Gasteiger partial charge in [-0.3, -0.25) is 9.78 Å². The Labute approximate surface area is 219 Å². The number of fused-ring (bicyclic) bond motifs is 2. The third kappa shape index (κ3) is 5.27. The van der Waals surface area contributed by atoms with E-state index in [1.807, 2.05) is 6.07 Å². The van der Waals surface area contributed by atoms with Gasteiger partial charge in [0.25, 0.3) is 5.91 Å². The van der Waals surface area contributed by atoms with Crippen LogP contribution in [0.1, 0.15) is 29.8 Å². The summed E-state index contributed by atoms with van der Waals surface area (Å²) in [6.07, 6.45) is -2.87. The van der Waals surface area contributed by atoms with E-state index in [0.717, 1.165) is 0 Å². The number of hydrogen-bond acceptors (Lipinski definition) is 8. The monoisotopic (exact) mass is 538 g/mol. The third-order valence-electron chi connectivity index (χ3n) is 5.93. The molecule has 1 amide bonds. The van der Waals surface area contributed by atoms with E-state index in [9.17, 15) is 23.1 Å². The van der Waals surface area contributed by atoms with Crippen molar-refractivity contribution in [3.8, 4) is 29.0 Å². The minimum Gasteiger partial charge on any atom is -0.395 e. The van der Waals surface area contributed by atoms with Crippen molar-refractivity contribution in [2.45, 2.75) is 31.9 Å². The molecule has 1 aliphatic heterocycles. The molecule has 0 radical (unpaired) electrons. The summed E-state index contributed by atoms with van der Waals surface area (Å²) in [5.41, 5.74) is 0.798. The van der Waals surface area contributed by atoms with E-state index >= 15 is 0 Å². The molecular formula is C26H21F3N6O4. The van der Waals surface area contributed by atoms with Gasteiger partial charge in [-0.2, -0.15) is 10.4 Å². The fourth-order valence-corrected chi connectivity index (χ4v) is 3.84. The number of rotatable bonds is 7. The molecule has 0 bridgehead atoms. The van der Waals surface area contributed by atoms with Crippen LogP contribution in [-0.4, -0.2) is 50.2 Å². The molecule has 1 aliphatic rings. The maximum absolute atomic E-state index is 14.3. The SMILES string of the molecule is CC(C)(O)[C@H](F)CNC(=O)c1cnc(-c2ccc3cc(C#N)cnn23)cc1Nc1ccc2c(c1)OC(F)(F)O2. The van der Waals surface area contributed by atoms with Gasteiger partial charge in [-0.15, -0.1) is 8.78 Å². The van der Waals surface area contributed by atoms with E-state index in [1.54, 1.807) is 28.8 Å². The minimum atomic E-state index is -3.80. The van der Waals surface area contributed by atoms with Gasteiger partial charge >= 0.3 is 6.29 Å². The van der Waals surface area contributed by atoms with Crippen molar-refractivity contribution in [1.29, 1.82) is 5.26 Å². The van der Waals surface area contributed by atoms with Crippen LogP contribution in [0.5, 0.6) is 11.5 Å². The smallest absolute Gasteiger partial charge is 0.395 e. The number of nitrogens with one attached hydrogen (secondary N) is 2.